The summed E-state index contributed by atoms with van der Waals surface area (Å²) >= 11 is 0.955. The summed E-state index contributed by atoms with van der Waals surface area (Å²) in [5.41, 5.74) is 16.2. The minimum Gasteiger partial charge on any atom is -0.397 e. The molecule has 1 fully saturated rings. The molecule has 21 heavy (non-hydrogen) atoms. The number of amides is 2. The first-order valence-corrected chi connectivity index (χ1v) is 8.84. The molecule has 10 heteroatoms. The van der Waals surface area contributed by atoms with Crippen LogP contribution in [0.25, 0.3) is 0 Å². The highest BCUT2D eigenvalue weighted by molar-refractivity contribution is 7.91. The van der Waals surface area contributed by atoms with E-state index in [1.54, 1.807) is 0 Å². The van der Waals surface area contributed by atoms with Crippen molar-refractivity contribution in [2.75, 3.05) is 22.6 Å². The third kappa shape index (κ3) is 3.27. The molecular formula is C11H16N4O4S2. The number of sulfone groups is 1. The number of carbonyl (C=O) groups is 2. The summed E-state index contributed by atoms with van der Waals surface area (Å²) in [4.78, 5) is 22.8. The van der Waals surface area contributed by atoms with Crippen LogP contribution < -0.4 is 22.5 Å². The summed E-state index contributed by atoms with van der Waals surface area (Å²) in [5, 5.41) is 3.41. The Labute approximate surface area is 125 Å². The van der Waals surface area contributed by atoms with Gasteiger partial charge in [0.05, 0.1) is 22.8 Å². The first-order valence-electron chi connectivity index (χ1n) is 6.20. The van der Waals surface area contributed by atoms with Crippen molar-refractivity contribution in [1.82, 2.24) is 0 Å². The summed E-state index contributed by atoms with van der Waals surface area (Å²) in [5.74, 6) is -1.33. The summed E-state index contributed by atoms with van der Waals surface area (Å²) in [6.07, 6.45) is 0.842. The number of primary amides is 2. The molecule has 0 radical (unpaired) electrons. The Morgan fingerprint density at radius 1 is 1.14 bits per heavy atom. The number of hydrogen-bond donors (Lipinski definition) is 4. The van der Waals surface area contributed by atoms with Gasteiger partial charge < -0.3 is 22.5 Å². The van der Waals surface area contributed by atoms with E-state index in [4.69, 9.17) is 17.2 Å². The van der Waals surface area contributed by atoms with Gasteiger partial charge in [-0.2, -0.15) is 0 Å². The molecule has 1 aromatic rings. The second kappa shape index (κ2) is 5.53. The fourth-order valence-electron chi connectivity index (χ4n) is 2.19. The molecule has 1 aromatic heterocycles. The molecule has 1 saturated heterocycles. The van der Waals surface area contributed by atoms with Crippen molar-refractivity contribution in [3.63, 3.8) is 0 Å². The van der Waals surface area contributed by atoms with Gasteiger partial charge in [0.1, 0.15) is 19.7 Å². The van der Waals surface area contributed by atoms with Crippen LogP contribution in [0.5, 0.6) is 0 Å². The maximum absolute atomic E-state index is 11.5. The lowest BCUT2D eigenvalue weighted by atomic mass is 10.1. The third-order valence-corrected chi connectivity index (χ3v) is 6.17. The Bertz CT molecular complexity index is 681. The van der Waals surface area contributed by atoms with Gasteiger partial charge in [-0.15, -0.1) is 11.3 Å². The topological polar surface area (TPSA) is 158 Å². The van der Waals surface area contributed by atoms with Crippen LogP contribution in [0.15, 0.2) is 0 Å². The van der Waals surface area contributed by atoms with Crippen molar-refractivity contribution in [2.45, 2.75) is 18.9 Å². The lowest BCUT2D eigenvalue weighted by molar-refractivity contribution is 0.0999. The van der Waals surface area contributed by atoms with Crippen LogP contribution in [0.1, 0.15) is 32.9 Å². The Balaban J connectivity index is 2.26. The van der Waals surface area contributed by atoms with E-state index in [1.165, 1.54) is 0 Å². The first-order chi connectivity index (χ1) is 9.71. The van der Waals surface area contributed by atoms with Crippen LogP contribution in [0.3, 0.4) is 0 Å². The van der Waals surface area contributed by atoms with Gasteiger partial charge in [0.25, 0.3) is 11.8 Å². The molecular weight excluding hydrogens is 316 g/mol. The SMILES string of the molecule is NC(=O)c1sc(NC2CCS(=O)(=O)CC2)c(C(N)=O)c1N. The predicted molar refractivity (Wildman–Crippen MR) is 81.1 cm³/mol. The molecule has 0 saturated carbocycles. The fourth-order valence-corrected chi connectivity index (χ4v) is 4.74. The lowest BCUT2D eigenvalue weighted by Gasteiger charge is -2.23. The molecule has 0 spiro atoms. The van der Waals surface area contributed by atoms with E-state index in [-0.39, 0.29) is 33.7 Å². The van der Waals surface area contributed by atoms with Crippen LogP contribution in [-0.2, 0) is 9.84 Å². The van der Waals surface area contributed by atoms with Crippen LogP contribution in [-0.4, -0.2) is 37.8 Å². The van der Waals surface area contributed by atoms with Gasteiger partial charge in [0, 0.05) is 6.04 Å². The van der Waals surface area contributed by atoms with E-state index in [2.05, 4.69) is 5.32 Å². The Morgan fingerprint density at radius 3 is 2.19 bits per heavy atom. The molecule has 0 aliphatic carbocycles. The molecule has 0 unspecified atom stereocenters. The van der Waals surface area contributed by atoms with E-state index >= 15 is 0 Å². The smallest absolute Gasteiger partial charge is 0.260 e. The number of hydrogen-bond acceptors (Lipinski definition) is 7. The molecule has 2 heterocycles. The van der Waals surface area contributed by atoms with Crippen molar-refractivity contribution in [3.8, 4) is 0 Å². The molecule has 8 nitrogen and oxygen atoms in total. The van der Waals surface area contributed by atoms with Crippen molar-refractivity contribution >= 4 is 43.7 Å². The number of nitrogens with two attached hydrogens (primary N) is 3. The number of nitrogen functional groups attached to an aromatic ring is 1. The number of rotatable bonds is 4. The number of nitrogens with one attached hydrogen (secondary N) is 1. The fraction of sp³-hybridized carbons (Fsp3) is 0.455. The number of carbonyl (C=O) groups excluding carboxylic acids is 2. The predicted octanol–water partition coefficient (Wildman–Crippen LogP) is -0.483. The summed E-state index contributed by atoms with van der Waals surface area (Å²) in [7, 11) is -2.98. The average molecular weight is 332 g/mol. The highest BCUT2D eigenvalue weighted by atomic mass is 32.2. The maximum Gasteiger partial charge on any atom is 0.260 e. The van der Waals surface area contributed by atoms with Gasteiger partial charge in [-0.3, -0.25) is 9.59 Å². The van der Waals surface area contributed by atoms with E-state index < -0.39 is 21.7 Å². The van der Waals surface area contributed by atoms with Gasteiger partial charge >= 0.3 is 0 Å². The highest BCUT2D eigenvalue weighted by Gasteiger charge is 2.28. The highest BCUT2D eigenvalue weighted by Crippen LogP contribution is 2.36. The quantitative estimate of drug-likeness (QED) is 0.582. The van der Waals surface area contributed by atoms with Crippen LogP contribution in [0.4, 0.5) is 10.7 Å². The summed E-state index contributed by atoms with van der Waals surface area (Å²) < 4.78 is 22.8. The normalized spacial score (nSPS) is 18.3. The minimum atomic E-state index is -2.98. The third-order valence-electron chi connectivity index (χ3n) is 3.31. The number of anilines is 2. The molecule has 7 N–H and O–H groups in total. The van der Waals surface area contributed by atoms with Crippen molar-refractivity contribution in [3.05, 3.63) is 10.4 Å². The zero-order chi connectivity index (χ0) is 15.8. The number of thiophene rings is 1. The maximum atomic E-state index is 11.5. The van der Waals surface area contributed by atoms with E-state index in [0.717, 1.165) is 11.3 Å². The van der Waals surface area contributed by atoms with Crippen LogP contribution in [0.2, 0.25) is 0 Å². The van der Waals surface area contributed by atoms with E-state index in [9.17, 15) is 18.0 Å². The largest absolute Gasteiger partial charge is 0.397 e. The van der Waals surface area contributed by atoms with Crippen molar-refractivity contribution < 1.29 is 18.0 Å². The van der Waals surface area contributed by atoms with Gasteiger partial charge in [0.2, 0.25) is 0 Å². The molecule has 0 aromatic carbocycles. The van der Waals surface area contributed by atoms with Crippen molar-refractivity contribution in [2.24, 2.45) is 11.5 Å². The van der Waals surface area contributed by atoms with Crippen LogP contribution in [0, 0.1) is 0 Å². The van der Waals surface area contributed by atoms with E-state index in [1.807, 2.05) is 0 Å². The average Bonchev–Trinajstić information content (AvgIpc) is 2.69. The Hall–Kier alpha value is -1.81. The monoisotopic (exact) mass is 332 g/mol. The second-order valence-corrected chi connectivity index (χ2v) is 8.17. The van der Waals surface area contributed by atoms with Gasteiger partial charge in [0.15, 0.2) is 0 Å². The van der Waals surface area contributed by atoms with E-state index in [0.29, 0.717) is 17.8 Å². The Morgan fingerprint density at radius 2 is 1.71 bits per heavy atom. The first kappa shape index (κ1) is 15.6. The molecule has 1 aliphatic heterocycles. The van der Waals surface area contributed by atoms with Gasteiger partial charge in [-0.05, 0) is 12.8 Å². The molecule has 1 aliphatic rings. The summed E-state index contributed by atoms with van der Waals surface area (Å²) in [6, 6.07) is -0.120. The zero-order valence-corrected chi connectivity index (χ0v) is 12.7. The van der Waals surface area contributed by atoms with Crippen LogP contribution >= 0.6 is 11.3 Å². The molecule has 116 valence electrons. The van der Waals surface area contributed by atoms with Gasteiger partial charge in [-0.25, -0.2) is 8.42 Å². The molecule has 0 atom stereocenters. The standard InChI is InChI=1S/C11H16N4O4S2/c12-7-6(9(13)16)11(20-8(7)10(14)17)15-5-1-3-21(18,19)4-2-5/h5,15H,1-4,12H2,(H2,13,16)(H2,14,17). The summed E-state index contributed by atoms with van der Waals surface area (Å²) in [6.45, 7) is 0. The molecule has 2 rings (SSSR count). The lowest BCUT2D eigenvalue weighted by Crippen LogP contribution is -2.32. The Kier molecular flexibility index (Phi) is 4.10. The van der Waals surface area contributed by atoms with Crippen molar-refractivity contribution in [1.29, 1.82) is 0 Å². The van der Waals surface area contributed by atoms with Gasteiger partial charge in [-0.1, -0.05) is 0 Å². The zero-order valence-electron chi connectivity index (χ0n) is 11.1. The molecule has 2 amide bonds. The second-order valence-electron chi connectivity index (χ2n) is 4.85. The molecule has 0 bridgehead atoms. The minimum absolute atomic E-state index is 0.0298.